The molecule has 23 heavy (non-hydrogen) atoms. The maximum Gasteiger partial charge on any atom is 0.255 e. The van der Waals surface area contributed by atoms with Crippen molar-refractivity contribution in [2.24, 2.45) is 0 Å². The Hall–Kier alpha value is -1.91. The van der Waals surface area contributed by atoms with Crippen LogP contribution in [-0.2, 0) is 0 Å². The lowest BCUT2D eigenvalue weighted by Gasteiger charge is -2.11. The fourth-order valence-corrected chi connectivity index (χ4v) is 2.56. The highest BCUT2D eigenvalue weighted by Crippen LogP contribution is 2.26. The van der Waals surface area contributed by atoms with Gasteiger partial charge in [0.15, 0.2) is 0 Å². The van der Waals surface area contributed by atoms with Gasteiger partial charge in [0, 0.05) is 27.4 Å². The fraction of sp³-hybridized carbons (Fsp3) is 0.235. The first kappa shape index (κ1) is 17.4. The number of carbonyl (C=O) groups is 1. The van der Waals surface area contributed by atoms with Crippen molar-refractivity contribution < 1.29 is 14.3 Å². The minimum atomic E-state index is -0.300. The SMILES string of the molecule is CCOc1cc(OCC)cc(C(=O)Nc2cc(Cl)cc(Cl)c2)c1. The van der Waals surface area contributed by atoms with Crippen LogP contribution in [0.5, 0.6) is 11.5 Å². The standard InChI is InChI=1S/C17H17Cl2NO3/c1-3-22-15-5-11(6-16(10-15)23-4-2)17(21)20-14-8-12(18)7-13(19)9-14/h5-10H,3-4H2,1-2H3,(H,20,21). The normalized spacial score (nSPS) is 10.3. The van der Waals surface area contributed by atoms with Gasteiger partial charge in [0.1, 0.15) is 11.5 Å². The van der Waals surface area contributed by atoms with Crippen LogP contribution in [0.1, 0.15) is 24.2 Å². The van der Waals surface area contributed by atoms with Crippen molar-refractivity contribution in [2.45, 2.75) is 13.8 Å². The molecule has 2 aromatic rings. The van der Waals surface area contributed by atoms with Crippen molar-refractivity contribution in [1.29, 1.82) is 0 Å². The second-order valence-corrected chi connectivity index (χ2v) is 5.54. The van der Waals surface area contributed by atoms with Crippen LogP contribution in [0.25, 0.3) is 0 Å². The molecule has 6 heteroatoms. The topological polar surface area (TPSA) is 47.6 Å². The highest BCUT2D eigenvalue weighted by Gasteiger charge is 2.11. The van der Waals surface area contributed by atoms with Crippen LogP contribution in [0.4, 0.5) is 5.69 Å². The van der Waals surface area contributed by atoms with Crippen LogP contribution < -0.4 is 14.8 Å². The average molecular weight is 354 g/mol. The molecule has 0 saturated carbocycles. The van der Waals surface area contributed by atoms with Crippen molar-refractivity contribution in [3.63, 3.8) is 0 Å². The Bertz CT molecular complexity index is 660. The van der Waals surface area contributed by atoms with Crippen LogP contribution in [0.2, 0.25) is 10.0 Å². The number of amides is 1. The second-order valence-electron chi connectivity index (χ2n) is 4.67. The summed E-state index contributed by atoms with van der Waals surface area (Å²) in [5, 5.41) is 3.66. The van der Waals surface area contributed by atoms with Gasteiger partial charge in [-0.1, -0.05) is 23.2 Å². The summed E-state index contributed by atoms with van der Waals surface area (Å²) < 4.78 is 10.9. The maximum absolute atomic E-state index is 12.4. The Labute approximate surface area is 145 Å². The van der Waals surface area contributed by atoms with Gasteiger partial charge in [-0.05, 0) is 44.2 Å². The molecule has 0 aliphatic heterocycles. The van der Waals surface area contributed by atoms with E-state index in [1.807, 2.05) is 13.8 Å². The molecule has 0 radical (unpaired) electrons. The van der Waals surface area contributed by atoms with E-state index in [9.17, 15) is 4.79 Å². The van der Waals surface area contributed by atoms with Crippen LogP contribution >= 0.6 is 23.2 Å². The van der Waals surface area contributed by atoms with Gasteiger partial charge in [0.05, 0.1) is 13.2 Å². The number of rotatable bonds is 6. The van der Waals surface area contributed by atoms with Gasteiger partial charge >= 0.3 is 0 Å². The third-order valence-corrected chi connectivity index (χ3v) is 3.32. The fourth-order valence-electron chi connectivity index (χ4n) is 2.03. The molecule has 2 rings (SSSR count). The predicted molar refractivity (Wildman–Crippen MR) is 93.2 cm³/mol. The Morgan fingerprint density at radius 1 is 0.913 bits per heavy atom. The summed E-state index contributed by atoms with van der Waals surface area (Å²) in [6.45, 7) is 4.75. The van der Waals surface area contributed by atoms with Gasteiger partial charge in [-0.3, -0.25) is 4.79 Å². The number of ether oxygens (including phenoxy) is 2. The lowest BCUT2D eigenvalue weighted by molar-refractivity contribution is 0.102. The van der Waals surface area contributed by atoms with Gasteiger partial charge in [0.2, 0.25) is 0 Å². The van der Waals surface area contributed by atoms with Crippen molar-refractivity contribution in [2.75, 3.05) is 18.5 Å². The molecule has 0 spiro atoms. The molecular weight excluding hydrogens is 337 g/mol. The molecule has 0 heterocycles. The van der Waals surface area contributed by atoms with Gasteiger partial charge in [0.25, 0.3) is 5.91 Å². The van der Waals surface area contributed by atoms with E-state index in [1.165, 1.54) is 0 Å². The van der Waals surface area contributed by atoms with E-state index in [2.05, 4.69) is 5.32 Å². The molecular formula is C17H17Cl2NO3. The zero-order valence-electron chi connectivity index (χ0n) is 12.9. The highest BCUT2D eigenvalue weighted by molar-refractivity contribution is 6.35. The molecule has 0 aliphatic rings. The average Bonchev–Trinajstić information content (AvgIpc) is 2.46. The summed E-state index contributed by atoms with van der Waals surface area (Å²) in [5.41, 5.74) is 0.947. The van der Waals surface area contributed by atoms with Gasteiger partial charge < -0.3 is 14.8 Å². The van der Waals surface area contributed by atoms with Crippen molar-refractivity contribution >= 4 is 34.8 Å². The number of carbonyl (C=O) groups excluding carboxylic acids is 1. The summed E-state index contributed by atoms with van der Waals surface area (Å²) in [6, 6.07) is 9.92. The van der Waals surface area contributed by atoms with Crippen molar-refractivity contribution in [1.82, 2.24) is 0 Å². The number of halogens is 2. The maximum atomic E-state index is 12.4. The van der Waals surface area contributed by atoms with Crippen molar-refractivity contribution in [3.05, 3.63) is 52.0 Å². The number of hydrogen-bond donors (Lipinski definition) is 1. The molecule has 0 unspecified atom stereocenters. The van der Waals surface area contributed by atoms with Crippen LogP contribution in [0.15, 0.2) is 36.4 Å². The van der Waals surface area contributed by atoms with Crippen molar-refractivity contribution in [3.8, 4) is 11.5 Å². The molecule has 4 nitrogen and oxygen atoms in total. The Balaban J connectivity index is 2.26. The molecule has 0 aliphatic carbocycles. The summed E-state index contributed by atoms with van der Waals surface area (Å²) in [7, 11) is 0. The van der Waals surface area contributed by atoms with Gasteiger partial charge in [-0.2, -0.15) is 0 Å². The zero-order valence-corrected chi connectivity index (χ0v) is 14.4. The second kappa shape index (κ2) is 8.09. The molecule has 122 valence electrons. The minimum Gasteiger partial charge on any atom is -0.494 e. The zero-order chi connectivity index (χ0) is 16.8. The Morgan fingerprint density at radius 3 is 1.91 bits per heavy atom. The van der Waals surface area contributed by atoms with Crippen LogP contribution in [0, 0.1) is 0 Å². The quantitative estimate of drug-likeness (QED) is 0.790. The Kier molecular flexibility index (Phi) is 6.13. The third-order valence-electron chi connectivity index (χ3n) is 2.88. The predicted octanol–water partition coefficient (Wildman–Crippen LogP) is 5.04. The molecule has 0 aromatic heterocycles. The number of nitrogens with one attached hydrogen (secondary N) is 1. The lowest BCUT2D eigenvalue weighted by atomic mass is 10.1. The van der Waals surface area contributed by atoms with Gasteiger partial charge in [-0.15, -0.1) is 0 Å². The molecule has 0 bridgehead atoms. The van der Waals surface area contributed by atoms with E-state index in [-0.39, 0.29) is 5.91 Å². The number of hydrogen-bond acceptors (Lipinski definition) is 3. The lowest BCUT2D eigenvalue weighted by Crippen LogP contribution is -2.12. The first-order valence-corrected chi connectivity index (χ1v) is 7.95. The molecule has 2 aromatic carbocycles. The van der Waals surface area contributed by atoms with E-state index >= 15 is 0 Å². The van der Waals surface area contributed by atoms with E-state index < -0.39 is 0 Å². The van der Waals surface area contributed by atoms with E-state index in [0.29, 0.717) is 46.0 Å². The molecule has 0 atom stereocenters. The first-order chi connectivity index (χ1) is 11.0. The van der Waals surface area contributed by atoms with Crippen LogP contribution in [0.3, 0.4) is 0 Å². The third kappa shape index (κ3) is 5.05. The summed E-state index contributed by atoms with van der Waals surface area (Å²) in [6.07, 6.45) is 0. The number of benzene rings is 2. The first-order valence-electron chi connectivity index (χ1n) is 7.20. The van der Waals surface area contributed by atoms with E-state index in [4.69, 9.17) is 32.7 Å². The summed E-state index contributed by atoms with van der Waals surface area (Å²) in [4.78, 5) is 12.4. The van der Waals surface area contributed by atoms with Gasteiger partial charge in [-0.25, -0.2) is 0 Å². The molecule has 0 fully saturated rings. The minimum absolute atomic E-state index is 0.300. The largest absolute Gasteiger partial charge is 0.494 e. The molecule has 1 amide bonds. The Morgan fingerprint density at radius 2 is 1.43 bits per heavy atom. The van der Waals surface area contributed by atoms with Crippen LogP contribution in [-0.4, -0.2) is 19.1 Å². The highest BCUT2D eigenvalue weighted by atomic mass is 35.5. The monoisotopic (exact) mass is 353 g/mol. The summed E-state index contributed by atoms with van der Waals surface area (Å²) >= 11 is 11.9. The smallest absolute Gasteiger partial charge is 0.255 e. The van der Waals surface area contributed by atoms with E-state index in [1.54, 1.807) is 36.4 Å². The summed E-state index contributed by atoms with van der Waals surface area (Å²) in [5.74, 6) is 0.853. The number of anilines is 1. The molecule has 1 N–H and O–H groups in total. The molecule has 0 saturated heterocycles. The van der Waals surface area contributed by atoms with E-state index in [0.717, 1.165) is 0 Å².